The van der Waals surface area contributed by atoms with Crippen LogP contribution >= 0.6 is 11.6 Å². The number of amides is 2. The lowest BCUT2D eigenvalue weighted by Crippen LogP contribution is -2.43. The van der Waals surface area contributed by atoms with Crippen molar-refractivity contribution in [1.82, 2.24) is 9.80 Å². The van der Waals surface area contributed by atoms with E-state index < -0.39 is 6.10 Å². The van der Waals surface area contributed by atoms with Crippen LogP contribution in [-0.4, -0.2) is 61.0 Å². The van der Waals surface area contributed by atoms with Gasteiger partial charge < -0.3 is 19.3 Å². The number of hydrogen-bond acceptors (Lipinski definition) is 4. The lowest BCUT2D eigenvalue weighted by molar-refractivity contribution is -0.138. The van der Waals surface area contributed by atoms with Crippen LogP contribution in [0, 0.1) is 0 Å². The zero-order chi connectivity index (χ0) is 22.2. The second kappa shape index (κ2) is 11.0. The van der Waals surface area contributed by atoms with Crippen LogP contribution in [0.2, 0.25) is 5.02 Å². The molecule has 1 heterocycles. The van der Waals surface area contributed by atoms with E-state index in [-0.39, 0.29) is 11.8 Å². The van der Waals surface area contributed by atoms with E-state index in [9.17, 15) is 9.59 Å². The third-order valence-corrected chi connectivity index (χ3v) is 5.64. The number of ether oxygens (including phenoxy) is 2. The molecule has 1 atom stereocenters. The highest BCUT2D eigenvalue weighted by atomic mass is 35.5. The average molecular weight is 445 g/mol. The Morgan fingerprint density at radius 2 is 1.71 bits per heavy atom. The van der Waals surface area contributed by atoms with Crippen LogP contribution in [0.15, 0.2) is 48.5 Å². The first kappa shape index (κ1) is 22.9. The molecule has 2 amide bonds. The molecule has 2 aromatic carbocycles. The molecule has 2 aromatic rings. The highest BCUT2D eigenvalue weighted by molar-refractivity contribution is 6.30. The molecule has 0 spiro atoms. The van der Waals surface area contributed by atoms with Crippen LogP contribution in [-0.2, 0) is 16.0 Å². The van der Waals surface area contributed by atoms with Gasteiger partial charge in [0.2, 0.25) is 5.91 Å². The normalized spacial score (nSPS) is 15.2. The molecule has 1 aliphatic rings. The molecule has 0 N–H and O–H groups in total. The van der Waals surface area contributed by atoms with Crippen molar-refractivity contribution in [2.24, 2.45) is 0 Å². The average Bonchev–Trinajstić information content (AvgIpc) is 3.03. The molecular weight excluding hydrogens is 416 g/mol. The van der Waals surface area contributed by atoms with Gasteiger partial charge in [0, 0.05) is 37.6 Å². The van der Waals surface area contributed by atoms with Crippen molar-refractivity contribution in [3.05, 3.63) is 59.1 Å². The highest BCUT2D eigenvalue weighted by Gasteiger charge is 2.26. The molecule has 1 saturated heterocycles. The summed E-state index contributed by atoms with van der Waals surface area (Å²) >= 11 is 5.98. The van der Waals surface area contributed by atoms with Crippen LogP contribution in [0.25, 0.3) is 0 Å². The molecule has 1 aliphatic heterocycles. The standard InChI is InChI=1S/C24H29ClN2O4/c1-18(31-22-6-3-5-20(25)17-22)24(29)27-14-4-13-26(15-16-27)23(28)12-9-19-7-10-21(30-2)11-8-19/h3,5-8,10-11,17-18H,4,9,12-16H2,1-2H3. The van der Waals surface area contributed by atoms with Crippen molar-refractivity contribution in [1.29, 1.82) is 0 Å². The SMILES string of the molecule is COc1ccc(CCC(=O)N2CCCN(C(=O)C(C)Oc3cccc(Cl)c3)CC2)cc1. The lowest BCUT2D eigenvalue weighted by Gasteiger charge is -2.25. The molecule has 3 rings (SSSR count). The maximum absolute atomic E-state index is 12.8. The van der Waals surface area contributed by atoms with E-state index in [0.29, 0.717) is 49.8 Å². The predicted molar refractivity (Wildman–Crippen MR) is 121 cm³/mol. The predicted octanol–water partition coefficient (Wildman–Crippen LogP) is 3.81. The first-order chi connectivity index (χ1) is 15.0. The summed E-state index contributed by atoms with van der Waals surface area (Å²) in [6, 6.07) is 14.8. The van der Waals surface area contributed by atoms with Gasteiger partial charge in [-0.05, 0) is 55.7 Å². The quantitative estimate of drug-likeness (QED) is 0.651. The van der Waals surface area contributed by atoms with Crippen LogP contribution in [0.4, 0.5) is 0 Å². The van der Waals surface area contributed by atoms with Gasteiger partial charge in [0.1, 0.15) is 11.5 Å². The Kier molecular flexibility index (Phi) is 8.18. The van der Waals surface area contributed by atoms with Gasteiger partial charge in [-0.3, -0.25) is 9.59 Å². The van der Waals surface area contributed by atoms with Gasteiger partial charge in [0.15, 0.2) is 6.10 Å². The highest BCUT2D eigenvalue weighted by Crippen LogP contribution is 2.19. The molecule has 166 valence electrons. The Bertz CT molecular complexity index is 887. The smallest absolute Gasteiger partial charge is 0.263 e. The van der Waals surface area contributed by atoms with Gasteiger partial charge in [-0.2, -0.15) is 0 Å². The third-order valence-electron chi connectivity index (χ3n) is 5.40. The van der Waals surface area contributed by atoms with Crippen LogP contribution in [0.3, 0.4) is 0 Å². The molecule has 0 aromatic heterocycles. The van der Waals surface area contributed by atoms with Gasteiger partial charge in [0.25, 0.3) is 5.91 Å². The molecule has 0 radical (unpaired) electrons. The van der Waals surface area contributed by atoms with Crippen molar-refractivity contribution in [3.63, 3.8) is 0 Å². The van der Waals surface area contributed by atoms with Crippen LogP contribution < -0.4 is 9.47 Å². The number of nitrogens with zero attached hydrogens (tertiary/aromatic N) is 2. The number of rotatable bonds is 7. The summed E-state index contributed by atoms with van der Waals surface area (Å²) in [6.45, 7) is 4.07. The number of aryl methyl sites for hydroxylation is 1. The minimum atomic E-state index is -0.615. The van der Waals surface area contributed by atoms with Crippen molar-refractivity contribution in [2.45, 2.75) is 32.3 Å². The van der Waals surface area contributed by atoms with E-state index in [4.69, 9.17) is 21.1 Å². The molecule has 6 nitrogen and oxygen atoms in total. The maximum Gasteiger partial charge on any atom is 0.263 e. The first-order valence-electron chi connectivity index (χ1n) is 10.6. The number of methoxy groups -OCH3 is 1. The summed E-state index contributed by atoms with van der Waals surface area (Å²) in [4.78, 5) is 29.2. The van der Waals surface area contributed by atoms with Crippen molar-refractivity contribution >= 4 is 23.4 Å². The summed E-state index contributed by atoms with van der Waals surface area (Å²) in [5, 5.41) is 0.565. The molecule has 0 bridgehead atoms. The van der Waals surface area contributed by atoms with Crippen molar-refractivity contribution < 1.29 is 19.1 Å². The Hall–Kier alpha value is -2.73. The van der Waals surface area contributed by atoms with Crippen LogP contribution in [0.5, 0.6) is 11.5 Å². The van der Waals surface area contributed by atoms with Gasteiger partial charge in [0.05, 0.1) is 7.11 Å². The number of halogens is 1. The fourth-order valence-corrected chi connectivity index (χ4v) is 3.82. The minimum absolute atomic E-state index is 0.0764. The summed E-state index contributed by atoms with van der Waals surface area (Å²) in [7, 11) is 1.63. The molecule has 0 saturated carbocycles. The van der Waals surface area contributed by atoms with Gasteiger partial charge in [-0.25, -0.2) is 0 Å². The van der Waals surface area contributed by atoms with Crippen molar-refractivity contribution in [2.75, 3.05) is 33.3 Å². The maximum atomic E-state index is 12.8. The lowest BCUT2D eigenvalue weighted by atomic mass is 10.1. The molecule has 7 heteroatoms. The van der Waals surface area contributed by atoms with E-state index >= 15 is 0 Å². The number of hydrogen-bond donors (Lipinski definition) is 0. The molecule has 1 unspecified atom stereocenters. The molecular formula is C24H29ClN2O4. The summed E-state index contributed by atoms with van der Waals surface area (Å²) in [5.41, 5.74) is 1.10. The first-order valence-corrected chi connectivity index (χ1v) is 11.0. The van der Waals surface area contributed by atoms with E-state index in [2.05, 4.69) is 0 Å². The topological polar surface area (TPSA) is 59.1 Å². The summed E-state index contributed by atoms with van der Waals surface area (Å²) in [5.74, 6) is 1.42. The molecule has 31 heavy (non-hydrogen) atoms. The van der Waals surface area contributed by atoms with Gasteiger partial charge in [-0.1, -0.05) is 29.8 Å². The summed E-state index contributed by atoms with van der Waals surface area (Å²) in [6.07, 6.45) is 1.28. The summed E-state index contributed by atoms with van der Waals surface area (Å²) < 4.78 is 10.9. The zero-order valence-electron chi connectivity index (χ0n) is 18.1. The third kappa shape index (κ3) is 6.62. The largest absolute Gasteiger partial charge is 0.497 e. The van der Waals surface area contributed by atoms with E-state index in [1.54, 1.807) is 43.2 Å². The van der Waals surface area contributed by atoms with Gasteiger partial charge in [-0.15, -0.1) is 0 Å². The fraction of sp³-hybridized carbons (Fsp3) is 0.417. The zero-order valence-corrected chi connectivity index (χ0v) is 18.8. The monoisotopic (exact) mass is 444 g/mol. The van der Waals surface area contributed by atoms with E-state index in [0.717, 1.165) is 17.7 Å². The minimum Gasteiger partial charge on any atom is -0.497 e. The van der Waals surface area contributed by atoms with E-state index in [1.807, 2.05) is 29.2 Å². The second-order valence-corrected chi connectivity index (χ2v) is 8.06. The molecule has 0 aliphatic carbocycles. The Morgan fingerprint density at radius 3 is 2.42 bits per heavy atom. The van der Waals surface area contributed by atoms with Crippen LogP contribution in [0.1, 0.15) is 25.3 Å². The molecule has 1 fully saturated rings. The van der Waals surface area contributed by atoms with Crippen molar-refractivity contribution in [3.8, 4) is 11.5 Å². The second-order valence-electron chi connectivity index (χ2n) is 7.63. The van der Waals surface area contributed by atoms with Gasteiger partial charge >= 0.3 is 0 Å². The number of benzene rings is 2. The number of carbonyl (C=O) groups excluding carboxylic acids is 2. The fourth-order valence-electron chi connectivity index (χ4n) is 3.64. The van der Waals surface area contributed by atoms with E-state index in [1.165, 1.54) is 0 Å². The number of carbonyl (C=O) groups is 2. The Labute approximate surface area is 188 Å². The Balaban J connectivity index is 1.48. The Morgan fingerprint density at radius 1 is 1.00 bits per heavy atom.